The quantitative estimate of drug-likeness (QED) is 0.874. The van der Waals surface area contributed by atoms with Crippen molar-refractivity contribution in [1.82, 2.24) is 9.80 Å². The average Bonchev–Trinajstić information content (AvgIpc) is 3.12. The lowest BCUT2D eigenvalue weighted by molar-refractivity contribution is 0.0663. The number of likely N-dealkylation sites (N-methyl/N-ethyl adjacent to an activating group) is 1. The summed E-state index contributed by atoms with van der Waals surface area (Å²) in [5.74, 6) is 0.0749. The van der Waals surface area contributed by atoms with Gasteiger partial charge in [-0.3, -0.25) is 9.69 Å². The highest BCUT2D eigenvalue weighted by Crippen LogP contribution is 2.32. The van der Waals surface area contributed by atoms with E-state index in [0.717, 1.165) is 54.2 Å². The highest BCUT2D eigenvalue weighted by Gasteiger charge is 2.30. The number of carbonyl (C=O) groups is 2. The van der Waals surface area contributed by atoms with Gasteiger partial charge in [0.15, 0.2) is 0 Å². The summed E-state index contributed by atoms with van der Waals surface area (Å²) in [5, 5.41) is 2.97. The Bertz CT molecular complexity index is 903. The number of piperazine rings is 1. The van der Waals surface area contributed by atoms with Crippen molar-refractivity contribution in [3.8, 4) is 0 Å². The van der Waals surface area contributed by atoms with Crippen LogP contribution < -0.4 is 10.2 Å². The van der Waals surface area contributed by atoms with E-state index >= 15 is 0 Å². The van der Waals surface area contributed by atoms with Crippen molar-refractivity contribution in [1.29, 1.82) is 0 Å². The number of rotatable bonds is 2. The predicted molar refractivity (Wildman–Crippen MR) is 111 cm³/mol. The van der Waals surface area contributed by atoms with E-state index in [9.17, 15) is 9.59 Å². The number of urea groups is 1. The van der Waals surface area contributed by atoms with E-state index in [4.69, 9.17) is 0 Å². The predicted octanol–water partition coefficient (Wildman–Crippen LogP) is 2.98. The lowest BCUT2D eigenvalue weighted by Gasteiger charge is -2.32. The van der Waals surface area contributed by atoms with Gasteiger partial charge in [-0.1, -0.05) is 18.2 Å². The molecule has 2 aromatic carbocycles. The number of benzene rings is 2. The first kappa shape index (κ1) is 18.5. The Balaban J connectivity index is 1.53. The molecule has 0 unspecified atom stereocenters. The van der Waals surface area contributed by atoms with Crippen molar-refractivity contribution in [2.45, 2.75) is 13.3 Å². The molecule has 1 fully saturated rings. The summed E-state index contributed by atoms with van der Waals surface area (Å²) in [6.45, 7) is 5.86. The standard InChI is InChI=1S/C22H26N4O2/c1-16-5-3-6-17(15-16)23-22(28)26-10-9-18-19(7-4-8-20(18)26)21(27)25-13-11-24(2)12-14-25/h3-8,15H,9-14H2,1-2H3,(H,23,28). The first-order valence-corrected chi connectivity index (χ1v) is 9.78. The Morgan fingerprint density at radius 3 is 2.46 bits per heavy atom. The van der Waals surface area contributed by atoms with E-state index < -0.39 is 0 Å². The Morgan fingerprint density at radius 1 is 0.964 bits per heavy atom. The number of nitrogens with one attached hydrogen (secondary N) is 1. The second-order valence-electron chi connectivity index (χ2n) is 7.60. The van der Waals surface area contributed by atoms with Crippen LogP contribution in [0.3, 0.4) is 0 Å². The molecule has 0 saturated carbocycles. The third-order valence-electron chi connectivity index (χ3n) is 5.56. The van der Waals surface area contributed by atoms with Gasteiger partial charge in [-0.25, -0.2) is 4.79 Å². The molecule has 28 heavy (non-hydrogen) atoms. The molecule has 2 aliphatic rings. The number of hydrogen-bond acceptors (Lipinski definition) is 3. The normalized spacial score (nSPS) is 16.8. The number of aryl methyl sites for hydroxylation is 1. The Kier molecular flexibility index (Phi) is 5.05. The second kappa shape index (κ2) is 7.64. The van der Waals surface area contributed by atoms with Crippen molar-refractivity contribution in [3.63, 3.8) is 0 Å². The summed E-state index contributed by atoms with van der Waals surface area (Å²) in [4.78, 5) is 31.8. The first-order chi connectivity index (χ1) is 13.5. The largest absolute Gasteiger partial charge is 0.336 e. The summed E-state index contributed by atoms with van der Waals surface area (Å²) >= 11 is 0. The monoisotopic (exact) mass is 378 g/mol. The van der Waals surface area contributed by atoms with Gasteiger partial charge in [-0.05, 0) is 55.8 Å². The van der Waals surface area contributed by atoms with Crippen LogP contribution in [0.2, 0.25) is 0 Å². The second-order valence-corrected chi connectivity index (χ2v) is 7.60. The van der Waals surface area contributed by atoms with E-state index in [1.807, 2.05) is 54.3 Å². The van der Waals surface area contributed by atoms with Crippen LogP contribution in [0.4, 0.5) is 16.2 Å². The maximum atomic E-state index is 13.1. The molecule has 2 aromatic rings. The molecule has 1 N–H and O–H groups in total. The van der Waals surface area contributed by atoms with Crippen LogP contribution in [0.25, 0.3) is 0 Å². The van der Waals surface area contributed by atoms with Gasteiger partial charge in [-0.15, -0.1) is 0 Å². The lowest BCUT2D eigenvalue weighted by Crippen LogP contribution is -2.47. The number of amides is 3. The fourth-order valence-corrected chi connectivity index (χ4v) is 3.94. The maximum Gasteiger partial charge on any atom is 0.326 e. The minimum Gasteiger partial charge on any atom is -0.336 e. The van der Waals surface area contributed by atoms with E-state index in [-0.39, 0.29) is 11.9 Å². The Morgan fingerprint density at radius 2 is 1.71 bits per heavy atom. The third-order valence-corrected chi connectivity index (χ3v) is 5.56. The van der Waals surface area contributed by atoms with Crippen LogP contribution in [-0.2, 0) is 6.42 Å². The fourth-order valence-electron chi connectivity index (χ4n) is 3.94. The van der Waals surface area contributed by atoms with Crippen LogP contribution in [-0.4, -0.2) is 61.5 Å². The molecule has 1 saturated heterocycles. The molecule has 146 valence electrons. The van der Waals surface area contributed by atoms with E-state index in [2.05, 4.69) is 17.3 Å². The first-order valence-electron chi connectivity index (χ1n) is 9.78. The van der Waals surface area contributed by atoms with Crippen molar-refractivity contribution < 1.29 is 9.59 Å². The van der Waals surface area contributed by atoms with Crippen LogP contribution in [0.1, 0.15) is 21.5 Å². The van der Waals surface area contributed by atoms with Gasteiger partial charge < -0.3 is 15.1 Å². The average molecular weight is 378 g/mol. The zero-order valence-corrected chi connectivity index (χ0v) is 16.4. The highest BCUT2D eigenvalue weighted by molar-refractivity contribution is 6.05. The van der Waals surface area contributed by atoms with Crippen molar-refractivity contribution in [2.75, 3.05) is 50.0 Å². The molecule has 2 aliphatic heterocycles. The van der Waals surface area contributed by atoms with Gasteiger partial charge in [-0.2, -0.15) is 0 Å². The van der Waals surface area contributed by atoms with Crippen LogP contribution >= 0.6 is 0 Å². The minimum atomic E-state index is -0.159. The third kappa shape index (κ3) is 3.60. The molecule has 6 nitrogen and oxygen atoms in total. The van der Waals surface area contributed by atoms with Crippen LogP contribution in [0, 0.1) is 6.92 Å². The summed E-state index contributed by atoms with van der Waals surface area (Å²) < 4.78 is 0. The number of anilines is 2. The van der Waals surface area contributed by atoms with E-state index in [1.165, 1.54) is 0 Å². The minimum absolute atomic E-state index is 0.0749. The van der Waals surface area contributed by atoms with Crippen molar-refractivity contribution in [2.24, 2.45) is 0 Å². The van der Waals surface area contributed by atoms with Crippen molar-refractivity contribution >= 4 is 23.3 Å². The number of hydrogen-bond donors (Lipinski definition) is 1. The molecule has 4 rings (SSSR count). The Hall–Kier alpha value is -2.86. The van der Waals surface area contributed by atoms with Crippen LogP contribution in [0.15, 0.2) is 42.5 Å². The zero-order valence-electron chi connectivity index (χ0n) is 16.4. The molecule has 3 amide bonds. The van der Waals surface area contributed by atoms with Crippen LogP contribution in [0.5, 0.6) is 0 Å². The molecule has 0 radical (unpaired) electrons. The maximum absolute atomic E-state index is 13.1. The number of carbonyl (C=O) groups excluding carboxylic acids is 2. The van der Waals surface area contributed by atoms with Gasteiger partial charge in [0.05, 0.1) is 0 Å². The molecule has 0 aromatic heterocycles. The number of nitrogens with zero attached hydrogens (tertiary/aromatic N) is 3. The SMILES string of the molecule is Cc1cccc(NC(=O)N2CCc3c(C(=O)N4CCN(C)CC4)cccc32)c1. The van der Waals surface area contributed by atoms with E-state index in [0.29, 0.717) is 13.0 Å². The summed E-state index contributed by atoms with van der Waals surface area (Å²) in [5.41, 5.74) is 4.42. The van der Waals surface area contributed by atoms with Gasteiger partial charge in [0.2, 0.25) is 0 Å². The van der Waals surface area contributed by atoms with Gasteiger partial charge >= 0.3 is 6.03 Å². The van der Waals surface area contributed by atoms with Crippen molar-refractivity contribution in [3.05, 3.63) is 59.2 Å². The highest BCUT2D eigenvalue weighted by atomic mass is 16.2. The summed E-state index contributed by atoms with van der Waals surface area (Å²) in [6.07, 6.45) is 0.701. The molecule has 6 heteroatoms. The summed E-state index contributed by atoms with van der Waals surface area (Å²) in [6, 6.07) is 13.3. The summed E-state index contributed by atoms with van der Waals surface area (Å²) in [7, 11) is 2.08. The fraction of sp³-hybridized carbons (Fsp3) is 0.364. The Labute approximate surface area is 165 Å². The lowest BCUT2D eigenvalue weighted by atomic mass is 10.0. The molecular weight excluding hydrogens is 352 g/mol. The molecule has 2 heterocycles. The molecule has 0 spiro atoms. The van der Waals surface area contributed by atoms with Gasteiger partial charge in [0.1, 0.15) is 0 Å². The van der Waals surface area contributed by atoms with Gasteiger partial charge in [0.25, 0.3) is 5.91 Å². The molecule has 0 atom stereocenters. The smallest absolute Gasteiger partial charge is 0.326 e. The molecular formula is C22H26N4O2. The van der Waals surface area contributed by atoms with Gasteiger partial charge in [0, 0.05) is 49.7 Å². The topological polar surface area (TPSA) is 55.9 Å². The molecule has 0 bridgehead atoms. The van der Waals surface area contributed by atoms with E-state index in [1.54, 1.807) is 4.90 Å². The zero-order chi connectivity index (χ0) is 19.7. The number of fused-ring (bicyclic) bond motifs is 1. The molecule has 0 aliphatic carbocycles.